The van der Waals surface area contributed by atoms with Crippen molar-refractivity contribution < 1.29 is 14.7 Å². The van der Waals surface area contributed by atoms with Crippen LogP contribution >= 0.6 is 0 Å². The van der Waals surface area contributed by atoms with Crippen molar-refractivity contribution in [2.75, 3.05) is 19.6 Å². The summed E-state index contributed by atoms with van der Waals surface area (Å²) >= 11 is 0. The summed E-state index contributed by atoms with van der Waals surface area (Å²) in [7, 11) is 0. The lowest BCUT2D eigenvalue weighted by atomic mass is 10.00. The molecule has 1 aliphatic rings. The van der Waals surface area contributed by atoms with Gasteiger partial charge in [0.25, 0.3) is 0 Å². The molecule has 1 aromatic carbocycles. The third kappa shape index (κ3) is 5.85. The van der Waals surface area contributed by atoms with Crippen LogP contribution in [0, 0.1) is 5.92 Å². The maximum Gasteiger partial charge on any atom is 0.335 e. The molecular formula is C18H27N3O3. The predicted molar refractivity (Wildman–Crippen MR) is 93.1 cm³/mol. The number of aromatic carboxylic acids is 1. The predicted octanol–water partition coefficient (Wildman–Crippen LogP) is 2.30. The fraction of sp³-hybridized carbons (Fsp3) is 0.556. The summed E-state index contributed by atoms with van der Waals surface area (Å²) < 4.78 is 0. The van der Waals surface area contributed by atoms with Gasteiger partial charge < -0.3 is 20.6 Å². The molecule has 0 saturated carbocycles. The number of carbonyl (C=O) groups excluding carboxylic acids is 1. The Morgan fingerprint density at radius 3 is 2.67 bits per heavy atom. The minimum Gasteiger partial charge on any atom is -0.478 e. The minimum absolute atomic E-state index is 0.0877. The monoisotopic (exact) mass is 333 g/mol. The zero-order valence-corrected chi connectivity index (χ0v) is 14.4. The van der Waals surface area contributed by atoms with Crippen molar-refractivity contribution in [3.63, 3.8) is 0 Å². The molecule has 1 aliphatic heterocycles. The molecule has 3 N–H and O–H groups in total. The number of rotatable bonds is 6. The highest BCUT2D eigenvalue weighted by atomic mass is 16.4. The number of amides is 2. The van der Waals surface area contributed by atoms with E-state index in [2.05, 4.69) is 22.5 Å². The lowest BCUT2D eigenvalue weighted by Crippen LogP contribution is -2.47. The molecule has 1 heterocycles. The van der Waals surface area contributed by atoms with Crippen LogP contribution in [-0.4, -0.2) is 47.7 Å². The summed E-state index contributed by atoms with van der Waals surface area (Å²) in [4.78, 5) is 25.2. The molecule has 1 aromatic rings. The third-order valence-electron chi connectivity index (χ3n) is 4.30. The second kappa shape index (κ2) is 8.68. The number of urea groups is 1. The highest BCUT2D eigenvalue weighted by molar-refractivity contribution is 5.87. The van der Waals surface area contributed by atoms with Crippen LogP contribution in [0.4, 0.5) is 4.79 Å². The summed E-state index contributed by atoms with van der Waals surface area (Å²) in [6, 6.07) is 6.39. The number of benzene rings is 1. The summed E-state index contributed by atoms with van der Waals surface area (Å²) in [5, 5.41) is 14.6. The number of carboxylic acids is 1. The number of carbonyl (C=O) groups is 2. The molecule has 2 unspecified atom stereocenters. The molecule has 24 heavy (non-hydrogen) atoms. The number of nitrogens with one attached hydrogen (secondary N) is 2. The second-order valence-corrected chi connectivity index (χ2v) is 6.74. The van der Waals surface area contributed by atoms with E-state index in [9.17, 15) is 9.59 Å². The molecule has 2 rings (SSSR count). The molecule has 2 atom stereocenters. The van der Waals surface area contributed by atoms with Gasteiger partial charge in [-0.15, -0.1) is 0 Å². The van der Waals surface area contributed by atoms with E-state index < -0.39 is 5.97 Å². The Morgan fingerprint density at radius 2 is 2.04 bits per heavy atom. The number of likely N-dealkylation sites (tertiary alicyclic amines) is 1. The molecule has 2 amide bonds. The van der Waals surface area contributed by atoms with E-state index in [1.165, 1.54) is 25.0 Å². The van der Waals surface area contributed by atoms with Crippen LogP contribution in [0.2, 0.25) is 0 Å². The Morgan fingerprint density at radius 1 is 1.33 bits per heavy atom. The van der Waals surface area contributed by atoms with Crippen LogP contribution < -0.4 is 10.6 Å². The van der Waals surface area contributed by atoms with E-state index in [0.717, 1.165) is 31.1 Å². The SMILES string of the molecule is CC1CCCN(CC(C)NC(=O)NCc2ccc(C(=O)O)cc2)C1. The van der Waals surface area contributed by atoms with Crippen molar-refractivity contribution in [2.24, 2.45) is 5.92 Å². The van der Waals surface area contributed by atoms with Crippen LogP contribution in [0.3, 0.4) is 0 Å². The molecule has 132 valence electrons. The molecule has 1 saturated heterocycles. The first-order chi connectivity index (χ1) is 11.4. The molecule has 0 spiro atoms. The highest BCUT2D eigenvalue weighted by Gasteiger charge is 2.18. The smallest absolute Gasteiger partial charge is 0.335 e. The van der Waals surface area contributed by atoms with Gasteiger partial charge in [0.1, 0.15) is 0 Å². The van der Waals surface area contributed by atoms with Crippen molar-refractivity contribution in [1.82, 2.24) is 15.5 Å². The largest absolute Gasteiger partial charge is 0.478 e. The Kier molecular flexibility index (Phi) is 6.61. The topological polar surface area (TPSA) is 81.7 Å². The van der Waals surface area contributed by atoms with Crippen LogP contribution in [0.5, 0.6) is 0 Å². The van der Waals surface area contributed by atoms with E-state index in [1.807, 2.05) is 6.92 Å². The molecule has 6 nitrogen and oxygen atoms in total. The Balaban J connectivity index is 1.71. The van der Waals surface area contributed by atoms with Gasteiger partial charge in [-0.1, -0.05) is 19.1 Å². The fourth-order valence-electron chi connectivity index (χ4n) is 3.11. The normalized spacial score (nSPS) is 19.5. The summed E-state index contributed by atoms with van der Waals surface area (Å²) in [6.45, 7) is 7.73. The lowest BCUT2D eigenvalue weighted by Gasteiger charge is -2.32. The maximum atomic E-state index is 12.0. The molecule has 0 aliphatic carbocycles. The lowest BCUT2D eigenvalue weighted by molar-refractivity contribution is 0.0697. The van der Waals surface area contributed by atoms with Gasteiger partial charge >= 0.3 is 12.0 Å². The highest BCUT2D eigenvalue weighted by Crippen LogP contribution is 2.15. The minimum atomic E-state index is -0.951. The van der Waals surface area contributed by atoms with Crippen LogP contribution in [0.1, 0.15) is 42.6 Å². The van der Waals surface area contributed by atoms with E-state index in [1.54, 1.807) is 12.1 Å². The quantitative estimate of drug-likeness (QED) is 0.746. The standard InChI is InChI=1S/C18H27N3O3/c1-13-4-3-9-21(11-13)12-14(2)20-18(24)19-10-15-5-7-16(8-6-15)17(22)23/h5-8,13-14H,3-4,9-12H2,1-2H3,(H,22,23)(H2,19,20,24). The van der Waals surface area contributed by atoms with Gasteiger partial charge in [-0.2, -0.15) is 0 Å². The number of nitrogens with zero attached hydrogens (tertiary/aromatic N) is 1. The van der Waals surface area contributed by atoms with Gasteiger partial charge in [0.2, 0.25) is 0 Å². The number of hydrogen-bond donors (Lipinski definition) is 3. The molecular weight excluding hydrogens is 306 g/mol. The van der Waals surface area contributed by atoms with E-state index in [4.69, 9.17) is 5.11 Å². The summed E-state index contributed by atoms with van der Waals surface area (Å²) in [5.74, 6) is -0.221. The summed E-state index contributed by atoms with van der Waals surface area (Å²) in [6.07, 6.45) is 2.52. The first-order valence-electron chi connectivity index (χ1n) is 8.53. The van der Waals surface area contributed by atoms with Crippen LogP contribution in [0.15, 0.2) is 24.3 Å². The zero-order chi connectivity index (χ0) is 17.5. The Bertz CT molecular complexity index is 559. The molecule has 1 fully saturated rings. The van der Waals surface area contributed by atoms with Crippen molar-refractivity contribution in [3.05, 3.63) is 35.4 Å². The molecule has 6 heteroatoms. The average molecular weight is 333 g/mol. The van der Waals surface area contributed by atoms with Crippen molar-refractivity contribution in [1.29, 1.82) is 0 Å². The second-order valence-electron chi connectivity index (χ2n) is 6.74. The van der Waals surface area contributed by atoms with Crippen molar-refractivity contribution in [3.8, 4) is 0 Å². The van der Waals surface area contributed by atoms with Gasteiger partial charge in [-0.3, -0.25) is 0 Å². The van der Waals surface area contributed by atoms with Crippen molar-refractivity contribution in [2.45, 2.75) is 39.3 Å². The number of hydrogen-bond acceptors (Lipinski definition) is 3. The van der Waals surface area contributed by atoms with Crippen LogP contribution in [0.25, 0.3) is 0 Å². The first-order valence-corrected chi connectivity index (χ1v) is 8.53. The van der Waals surface area contributed by atoms with Gasteiger partial charge in [0, 0.05) is 25.7 Å². The average Bonchev–Trinajstić information content (AvgIpc) is 2.53. The van der Waals surface area contributed by atoms with Gasteiger partial charge in [0.05, 0.1) is 5.56 Å². The van der Waals surface area contributed by atoms with E-state index in [0.29, 0.717) is 6.54 Å². The Hall–Kier alpha value is -2.08. The van der Waals surface area contributed by atoms with E-state index in [-0.39, 0.29) is 17.6 Å². The van der Waals surface area contributed by atoms with E-state index >= 15 is 0 Å². The Labute approximate surface area is 143 Å². The van der Waals surface area contributed by atoms with Crippen molar-refractivity contribution >= 4 is 12.0 Å². The fourth-order valence-corrected chi connectivity index (χ4v) is 3.11. The molecule has 0 radical (unpaired) electrons. The zero-order valence-electron chi connectivity index (χ0n) is 14.4. The third-order valence-corrected chi connectivity index (χ3v) is 4.30. The molecule has 0 bridgehead atoms. The molecule has 0 aromatic heterocycles. The maximum absolute atomic E-state index is 12.0. The number of carboxylic acid groups (broad SMARTS) is 1. The van der Waals surface area contributed by atoms with Crippen LogP contribution in [-0.2, 0) is 6.54 Å². The van der Waals surface area contributed by atoms with Gasteiger partial charge in [-0.25, -0.2) is 9.59 Å². The first kappa shape index (κ1) is 18.3. The van der Waals surface area contributed by atoms with Gasteiger partial charge in [-0.05, 0) is 49.9 Å². The summed E-state index contributed by atoms with van der Waals surface area (Å²) in [5.41, 5.74) is 1.11. The van der Waals surface area contributed by atoms with Gasteiger partial charge in [0.15, 0.2) is 0 Å². The number of piperidine rings is 1.